The standard InChI is InChI=1S/C14H17ClN2OS/c15-11-3-1-2-10-12(6-7-19-14(10)11)17-9-4-5-13(18)16-8-9/h1-3,9,12,17H,4-8H2,(H,16,18). The lowest BCUT2D eigenvalue weighted by Crippen LogP contribution is -2.47. The first-order chi connectivity index (χ1) is 9.24. The maximum absolute atomic E-state index is 11.2. The molecule has 2 aliphatic heterocycles. The zero-order chi connectivity index (χ0) is 13.2. The molecule has 2 atom stereocenters. The summed E-state index contributed by atoms with van der Waals surface area (Å²) in [6.45, 7) is 0.734. The zero-order valence-corrected chi connectivity index (χ0v) is 12.2. The van der Waals surface area contributed by atoms with Crippen molar-refractivity contribution >= 4 is 29.3 Å². The van der Waals surface area contributed by atoms with Gasteiger partial charge >= 0.3 is 0 Å². The monoisotopic (exact) mass is 296 g/mol. The Morgan fingerprint density at radius 3 is 3.05 bits per heavy atom. The fraction of sp³-hybridized carbons (Fsp3) is 0.500. The SMILES string of the molecule is O=C1CCC(NC2CCSc3c(Cl)cccc32)CN1. The van der Waals surface area contributed by atoms with Gasteiger partial charge in [0.1, 0.15) is 0 Å². The van der Waals surface area contributed by atoms with Crippen molar-refractivity contribution in [1.29, 1.82) is 0 Å². The van der Waals surface area contributed by atoms with Crippen molar-refractivity contribution in [1.82, 2.24) is 10.6 Å². The second-order valence-corrected chi connectivity index (χ2v) is 6.57. The van der Waals surface area contributed by atoms with Crippen LogP contribution in [0.2, 0.25) is 5.02 Å². The summed E-state index contributed by atoms with van der Waals surface area (Å²) in [4.78, 5) is 12.4. The van der Waals surface area contributed by atoms with E-state index < -0.39 is 0 Å². The molecule has 5 heteroatoms. The van der Waals surface area contributed by atoms with Gasteiger partial charge in [-0.15, -0.1) is 11.8 Å². The summed E-state index contributed by atoms with van der Waals surface area (Å²) in [6.07, 6.45) is 2.66. The highest BCUT2D eigenvalue weighted by atomic mass is 35.5. The van der Waals surface area contributed by atoms with Crippen molar-refractivity contribution in [2.75, 3.05) is 12.3 Å². The lowest BCUT2D eigenvalue weighted by Gasteiger charge is -2.32. The molecule has 1 fully saturated rings. The molecule has 2 heterocycles. The van der Waals surface area contributed by atoms with Gasteiger partial charge in [0, 0.05) is 29.9 Å². The van der Waals surface area contributed by atoms with Crippen LogP contribution < -0.4 is 10.6 Å². The average molecular weight is 297 g/mol. The highest BCUT2D eigenvalue weighted by Crippen LogP contribution is 2.40. The van der Waals surface area contributed by atoms with E-state index in [1.165, 1.54) is 10.5 Å². The van der Waals surface area contributed by atoms with Crippen LogP contribution >= 0.6 is 23.4 Å². The summed E-state index contributed by atoms with van der Waals surface area (Å²) >= 11 is 8.10. The Balaban J connectivity index is 1.73. The molecule has 102 valence electrons. The quantitative estimate of drug-likeness (QED) is 0.882. The summed E-state index contributed by atoms with van der Waals surface area (Å²) in [7, 11) is 0. The van der Waals surface area contributed by atoms with Crippen molar-refractivity contribution in [2.24, 2.45) is 0 Å². The van der Waals surface area contributed by atoms with Gasteiger partial charge in [0.25, 0.3) is 0 Å². The fourth-order valence-electron chi connectivity index (χ4n) is 2.72. The van der Waals surface area contributed by atoms with Gasteiger partial charge in [-0.2, -0.15) is 0 Å². The lowest BCUT2D eigenvalue weighted by molar-refractivity contribution is -0.122. The van der Waals surface area contributed by atoms with E-state index in [2.05, 4.69) is 16.7 Å². The van der Waals surface area contributed by atoms with E-state index in [1.54, 1.807) is 0 Å². The third kappa shape index (κ3) is 2.91. The number of hydrogen-bond donors (Lipinski definition) is 2. The Morgan fingerprint density at radius 1 is 1.37 bits per heavy atom. The number of carbonyl (C=O) groups is 1. The van der Waals surface area contributed by atoms with Gasteiger partial charge in [0.05, 0.1) is 5.02 Å². The largest absolute Gasteiger partial charge is 0.355 e. The number of amides is 1. The van der Waals surface area contributed by atoms with Crippen LogP contribution in [0, 0.1) is 0 Å². The van der Waals surface area contributed by atoms with Crippen LogP contribution in [0.4, 0.5) is 0 Å². The Hall–Kier alpha value is -0.710. The maximum atomic E-state index is 11.2. The predicted octanol–water partition coefficient (Wildman–Crippen LogP) is 2.75. The van der Waals surface area contributed by atoms with Gasteiger partial charge in [-0.1, -0.05) is 23.7 Å². The molecule has 3 rings (SSSR count). The molecule has 0 aromatic heterocycles. The van der Waals surface area contributed by atoms with Crippen LogP contribution in [-0.4, -0.2) is 24.2 Å². The number of benzene rings is 1. The number of hydrogen-bond acceptors (Lipinski definition) is 3. The lowest BCUT2D eigenvalue weighted by atomic mass is 10.00. The molecule has 1 amide bonds. The number of halogens is 1. The summed E-state index contributed by atoms with van der Waals surface area (Å²) in [5.74, 6) is 1.26. The van der Waals surface area contributed by atoms with Crippen molar-refractivity contribution in [3.63, 3.8) is 0 Å². The fourth-order valence-corrected chi connectivity index (χ4v) is 4.21. The average Bonchev–Trinajstić information content (AvgIpc) is 2.43. The van der Waals surface area contributed by atoms with E-state index >= 15 is 0 Å². The zero-order valence-electron chi connectivity index (χ0n) is 10.6. The van der Waals surface area contributed by atoms with Crippen LogP contribution in [0.15, 0.2) is 23.1 Å². The number of piperidine rings is 1. The van der Waals surface area contributed by atoms with Gasteiger partial charge in [-0.25, -0.2) is 0 Å². The Morgan fingerprint density at radius 2 is 2.26 bits per heavy atom. The summed E-state index contributed by atoms with van der Waals surface area (Å²) in [6, 6.07) is 6.86. The molecular weight excluding hydrogens is 280 g/mol. The molecule has 0 bridgehead atoms. The summed E-state index contributed by atoms with van der Waals surface area (Å²) in [5, 5.41) is 7.45. The van der Waals surface area contributed by atoms with Crippen LogP contribution in [0.3, 0.4) is 0 Å². The number of nitrogens with one attached hydrogen (secondary N) is 2. The minimum atomic E-state index is 0.167. The molecule has 0 spiro atoms. The van der Waals surface area contributed by atoms with Gasteiger partial charge < -0.3 is 10.6 Å². The number of fused-ring (bicyclic) bond motifs is 1. The van der Waals surface area contributed by atoms with Crippen LogP contribution in [0.25, 0.3) is 0 Å². The third-order valence-corrected chi connectivity index (χ3v) is 5.34. The molecule has 2 aliphatic rings. The number of thioether (sulfide) groups is 1. The van der Waals surface area contributed by atoms with Gasteiger partial charge in [0.15, 0.2) is 0 Å². The maximum Gasteiger partial charge on any atom is 0.220 e. The molecule has 0 radical (unpaired) electrons. The van der Waals surface area contributed by atoms with E-state index in [-0.39, 0.29) is 5.91 Å². The second kappa shape index (κ2) is 5.73. The molecular formula is C14H17ClN2OS. The minimum Gasteiger partial charge on any atom is -0.355 e. The molecule has 1 aromatic rings. The van der Waals surface area contributed by atoms with E-state index in [1.807, 2.05) is 23.9 Å². The Bertz CT molecular complexity index is 484. The molecule has 1 saturated heterocycles. The number of carbonyl (C=O) groups excluding carboxylic acids is 1. The summed E-state index contributed by atoms with van der Waals surface area (Å²) in [5.41, 5.74) is 1.31. The van der Waals surface area contributed by atoms with Gasteiger partial charge in [-0.3, -0.25) is 4.79 Å². The normalized spacial score (nSPS) is 26.7. The Labute approximate surface area is 122 Å². The van der Waals surface area contributed by atoms with Crippen LogP contribution in [0.5, 0.6) is 0 Å². The first-order valence-corrected chi connectivity index (χ1v) is 8.04. The van der Waals surface area contributed by atoms with E-state index in [0.717, 1.165) is 30.2 Å². The van der Waals surface area contributed by atoms with Crippen LogP contribution in [0.1, 0.15) is 30.9 Å². The van der Waals surface area contributed by atoms with E-state index in [0.29, 0.717) is 18.5 Å². The van der Waals surface area contributed by atoms with Gasteiger partial charge in [-0.05, 0) is 30.2 Å². The molecule has 1 aromatic carbocycles. The Kier molecular flexibility index (Phi) is 4.01. The van der Waals surface area contributed by atoms with Crippen molar-refractivity contribution in [3.05, 3.63) is 28.8 Å². The highest BCUT2D eigenvalue weighted by molar-refractivity contribution is 7.99. The van der Waals surface area contributed by atoms with Crippen molar-refractivity contribution in [3.8, 4) is 0 Å². The smallest absolute Gasteiger partial charge is 0.220 e. The molecule has 0 saturated carbocycles. The molecule has 2 unspecified atom stereocenters. The number of rotatable bonds is 2. The predicted molar refractivity (Wildman–Crippen MR) is 78.7 cm³/mol. The topological polar surface area (TPSA) is 41.1 Å². The molecule has 3 nitrogen and oxygen atoms in total. The summed E-state index contributed by atoms with van der Waals surface area (Å²) < 4.78 is 0. The van der Waals surface area contributed by atoms with Gasteiger partial charge in [0.2, 0.25) is 5.91 Å². The van der Waals surface area contributed by atoms with Crippen LogP contribution in [-0.2, 0) is 4.79 Å². The first kappa shape index (κ1) is 13.3. The minimum absolute atomic E-state index is 0.167. The second-order valence-electron chi connectivity index (χ2n) is 5.05. The van der Waals surface area contributed by atoms with E-state index in [9.17, 15) is 4.79 Å². The first-order valence-electron chi connectivity index (χ1n) is 6.68. The molecule has 19 heavy (non-hydrogen) atoms. The molecule has 0 aliphatic carbocycles. The molecule has 2 N–H and O–H groups in total. The van der Waals surface area contributed by atoms with Crippen molar-refractivity contribution in [2.45, 2.75) is 36.2 Å². The van der Waals surface area contributed by atoms with E-state index in [4.69, 9.17) is 11.6 Å². The highest BCUT2D eigenvalue weighted by Gasteiger charge is 2.26. The van der Waals surface area contributed by atoms with Crippen molar-refractivity contribution < 1.29 is 4.79 Å². The third-order valence-electron chi connectivity index (χ3n) is 3.73.